The van der Waals surface area contributed by atoms with Crippen LogP contribution in [0.1, 0.15) is 31.0 Å². The highest BCUT2D eigenvalue weighted by Gasteiger charge is 2.18. The van der Waals surface area contributed by atoms with E-state index in [1.165, 1.54) is 17.5 Å². The summed E-state index contributed by atoms with van der Waals surface area (Å²) in [6.07, 6.45) is 1.17. The lowest BCUT2D eigenvalue weighted by Gasteiger charge is -2.28. The van der Waals surface area contributed by atoms with Gasteiger partial charge in [0.1, 0.15) is 0 Å². The second-order valence-corrected chi connectivity index (χ2v) is 3.69. The summed E-state index contributed by atoms with van der Waals surface area (Å²) in [6.45, 7) is 4.47. The molecule has 1 aromatic rings. The number of benzene rings is 1. The Morgan fingerprint density at radius 2 is 2.00 bits per heavy atom. The zero-order chi connectivity index (χ0) is 8.55. The molecule has 0 aromatic heterocycles. The van der Waals surface area contributed by atoms with Crippen molar-refractivity contribution in [3.05, 3.63) is 35.4 Å². The van der Waals surface area contributed by atoms with Gasteiger partial charge in [0.05, 0.1) is 0 Å². The maximum atomic E-state index is 3.54. The highest BCUT2D eigenvalue weighted by atomic mass is 14.9. The van der Waals surface area contributed by atoms with Gasteiger partial charge in [-0.1, -0.05) is 24.3 Å². The highest BCUT2D eigenvalue weighted by Crippen LogP contribution is 2.23. The molecule has 0 aliphatic carbocycles. The summed E-state index contributed by atoms with van der Waals surface area (Å²) in [7, 11) is 0. The third kappa shape index (κ3) is 1.25. The number of nitrogens with one attached hydrogen (secondary N) is 1. The fourth-order valence-electron chi connectivity index (χ4n) is 2.05. The molecule has 0 radical (unpaired) electrons. The first-order valence-corrected chi connectivity index (χ1v) is 4.61. The van der Waals surface area contributed by atoms with E-state index in [9.17, 15) is 0 Å². The fraction of sp³-hybridized carbons (Fsp3) is 0.455. The topological polar surface area (TPSA) is 12.0 Å². The van der Waals surface area contributed by atoms with Gasteiger partial charge in [0.15, 0.2) is 0 Å². The van der Waals surface area contributed by atoms with E-state index < -0.39 is 0 Å². The average molecular weight is 161 g/mol. The Kier molecular flexibility index (Phi) is 1.89. The van der Waals surface area contributed by atoms with Crippen LogP contribution in [0.5, 0.6) is 0 Å². The van der Waals surface area contributed by atoms with E-state index >= 15 is 0 Å². The molecule has 1 nitrogen and oxygen atoms in total. The van der Waals surface area contributed by atoms with Crippen LogP contribution in [0.15, 0.2) is 24.3 Å². The molecule has 2 atom stereocenters. The van der Waals surface area contributed by atoms with E-state index in [0.29, 0.717) is 12.1 Å². The van der Waals surface area contributed by atoms with Gasteiger partial charge in [0.2, 0.25) is 0 Å². The fourth-order valence-corrected chi connectivity index (χ4v) is 2.05. The van der Waals surface area contributed by atoms with Crippen molar-refractivity contribution in [2.45, 2.75) is 32.4 Å². The first kappa shape index (κ1) is 7.81. The zero-order valence-corrected chi connectivity index (χ0v) is 7.67. The molecule has 2 rings (SSSR count). The summed E-state index contributed by atoms with van der Waals surface area (Å²) >= 11 is 0. The van der Waals surface area contributed by atoms with Crippen LogP contribution in [-0.2, 0) is 6.42 Å². The van der Waals surface area contributed by atoms with Crippen LogP contribution in [0.3, 0.4) is 0 Å². The second kappa shape index (κ2) is 2.91. The van der Waals surface area contributed by atoms with Crippen molar-refractivity contribution in [2.75, 3.05) is 0 Å². The van der Waals surface area contributed by atoms with Crippen LogP contribution in [0.2, 0.25) is 0 Å². The molecule has 64 valence electrons. The van der Waals surface area contributed by atoms with Crippen LogP contribution in [0, 0.1) is 0 Å². The molecule has 1 aromatic carbocycles. The van der Waals surface area contributed by atoms with E-state index in [4.69, 9.17) is 0 Å². The molecule has 1 N–H and O–H groups in total. The normalized spacial score (nSPS) is 28.2. The molecule has 1 heteroatoms. The van der Waals surface area contributed by atoms with Gasteiger partial charge in [-0.3, -0.25) is 0 Å². The third-order valence-electron chi connectivity index (χ3n) is 2.58. The van der Waals surface area contributed by atoms with Crippen molar-refractivity contribution in [2.24, 2.45) is 0 Å². The minimum atomic E-state index is 0.518. The predicted octanol–water partition coefficient (Wildman–Crippen LogP) is 2.28. The summed E-state index contributed by atoms with van der Waals surface area (Å²) in [4.78, 5) is 0. The Balaban J connectivity index is 2.40. The van der Waals surface area contributed by atoms with Crippen LogP contribution >= 0.6 is 0 Å². The van der Waals surface area contributed by atoms with Gasteiger partial charge >= 0.3 is 0 Å². The van der Waals surface area contributed by atoms with Gasteiger partial charge < -0.3 is 5.32 Å². The molecule has 0 unspecified atom stereocenters. The molecule has 1 aliphatic heterocycles. The maximum absolute atomic E-state index is 3.54. The van der Waals surface area contributed by atoms with Gasteiger partial charge in [-0.25, -0.2) is 0 Å². The van der Waals surface area contributed by atoms with Crippen LogP contribution < -0.4 is 5.32 Å². The lowest BCUT2D eigenvalue weighted by Crippen LogP contribution is -2.35. The Labute approximate surface area is 73.8 Å². The Bertz CT molecular complexity index is 280. The minimum Gasteiger partial charge on any atom is -0.307 e. The van der Waals surface area contributed by atoms with Gasteiger partial charge in [-0.2, -0.15) is 0 Å². The highest BCUT2D eigenvalue weighted by molar-refractivity contribution is 5.32. The Morgan fingerprint density at radius 1 is 1.25 bits per heavy atom. The predicted molar refractivity (Wildman–Crippen MR) is 51.2 cm³/mol. The molecule has 12 heavy (non-hydrogen) atoms. The summed E-state index contributed by atoms with van der Waals surface area (Å²) < 4.78 is 0. The van der Waals surface area contributed by atoms with Gasteiger partial charge in [0, 0.05) is 12.1 Å². The summed E-state index contributed by atoms with van der Waals surface area (Å²) in [5, 5.41) is 3.54. The van der Waals surface area contributed by atoms with Gasteiger partial charge in [0.25, 0.3) is 0 Å². The largest absolute Gasteiger partial charge is 0.307 e. The van der Waals surface area contributed by atoms with Crippen molar-refractivity contribution in [3.8, 4) is 0 Å². The van der Waals surface area contributed by atoms with E-state index in [0.717, 1.165) is 0 Å². The van der Waals surface area contributed by atoms with Gasteiger partial charge in [-0.05, 0) is 31.4 Å². The lowest BCUT2D eigenvalue weighted by atomic mass is 9.92. The van der Waals surface area contributed by atoms with Crippen molar-refractivity contribution in [1.82, 2.24) is 5.32 Å². The SMILES string of the molecule is C[C@@H]1N[C@@H](C)Cc2ccccc21. The van der Waals surface area contributed by atoms with Crippen molar-refractivity contribution in [1.29, 1.82) is 0 Å². The standard InChI is InChI=1S/C11H15N/c1-8-7-10-5-3-4-6-11(10)9(2)12-8/h3-6,8-9,12H,7H2,1-2H3/t8-,9-/m0/s1. The number of rotatable bonds is 0. The van der Waals surface area contributed by atoms with E-state index in [2.05, 4.69) is 43.4 Å². The summed E-state index contributed by atoms with van der Waals surface area (Å²) in [5.41, 5.74) is 2.98. The molecular formula is C11H15N. The monoisotopic (exact) mass is 161 g/mol. The Morgan fingerprint density at radius 3 is 2.83 bits per heavy atom. The zero-order valence-electron chi connectivity index (χ0n) is 7.67. The minimum absolute atomic E-state index is 0.518. The molecule has 0 saturated carbocycles. The molecule has 1 heterocycles. The van der Waals surface area contributed by atoms with E-state index in [-0.39, 0.29) is 0 Å². The molecule has 0 fully saturated rings. The van der Waals surface area contributed by atoms with E-state index in [1.807, 2.05) is 0 Å². The molecule has 0 saturated heterocycles. The number of hydrogen-bond acceptors (Lipinski definition) is 1. The lowest BCUT2D eigenvalue weighted by molar-refractivity contribution is 0.446. The summed E-state index contributed by atoms with van der Waals surface area (Å²) in [6, 6.07) is 9.85. The third-order valence-corrected chi connectivity index (χ3v) is 2.58. The average Bonchev–Trinajstić information content (AvgIpc) is 2.04. The molecular weight excluding hydrogens is 146 g/mol. The maximum Gasteiger partial charge on any atom is 0.0297 e. The smallest absolute Gasteiger partial charge is 0.0297 e. The number of fused-ring (bicyclic) bond motifs is 1. The first-order chi connectivity index (χ1) is 5.77. The van der Waals surface area contributed by atoms with Crippen molar-refractivity contribution in [3.63, 3.8) is 0 Å². The Hall–Kier alpha value is -0.820. The molecule has 0 amide bonds. The number of hydrogen-bond donors (Lipinski definition) is 1. The van der Waals surface area contributed by atoms with E-state index in [1.54, 1.807) is 0 Å². The van der Waals surface area contributed by atoms with Crippen LogP contribution in [-0.4, -0.2) is 6.04 Å². The first-order valence-electron chi connectivity index (χ1n) is 4.61. The quantitative estimate of drug-likeness (QED) is 0.615. The summed E-state index contributed by atoms with van der Waals surface area (Å²) in [5.74, 6) is 0. The van der Waals surface area contributed by atoms with Gasteiger partial charge in [-0.15, -0.1) is 0 Å². The van der Waals surface area contributed by atoms with Crippen LogP contribution in [0.4, 0.5) is 0 Å². The van der Waals surface area contributed by atoms with Crippen molar-refractivity contribution >= 4 is 0 Å². The molecule has 0 spiro atoms. The van der Waals surface area contributed by atoms with Crippen LogP contribution in [0.25, 0.3) is 0 Å². The molecule has 0 bridgehead atoms. The van der Waals surface area contributed by atoms with Crippen molar-refractivity contribution < 1.29 is 0 Å². The second-order valence-electron chi connectivity index (χ2n) is 3.69. The molecule has 1 aliphatic rings.